The van der Waals surface area contributed by atoms with Gasteiger partial charge in [0.05, 0.1) is 0 Å². The highest BCUT2D eigenvalue weighted by atomic mass is 31.0. The normalized spacial score (nSPS) is 23.4. The second-order valence-corrected chi connectivity index (χ2v) is 7.13. The van der Waals surface area contributed by atoms with Crippen LogP contribution < -0.4 is 0 Å². The van der Waals surface area contributed by atoms with Crippen molar-refractivity contribution in [1.82, 2.24) is 0 Å². The van der Waals surface area contributed by atoms with Gasteiger partial charge in [-0.2, -0.15) is 0 Å². The first-order valence-electron chi connectivity index (χ1n) is 7.45. The van der Waals surface area contributed by atoms with Crippen molar-refractivity contribution in [3.05, 3.63) is 23.2 Å². The number of hydrogen-bond donors (Lipinski definition) is 0. The maximum absolute atomic E-state index is 2.52. The van der Waals surface area contributed by atoms with Gasteiger partial charge in [-0.1, -0.05) is 70.4 Å². The second-order valence-electron chi connectivity index (χ2n) is 5.97. The van der Waals surface area contributed by atoms with Gasteiger partial charge in [-0.25, -0.2) is 0 Å². The second kappa shape index (κ2) is 6.64. The Morgan fingerprint density at radius 2 is 1.41 bits per heavy atom. The molecule has 1 aromatic rings. The molecule has 0 radical (unpaired) electrons. The topological polar surface area (TPSA) is 0 Å². The summed E-state index contributed by atoms with van der Waals surface area (Å²) in [5, 5.41) is 1.73. The molecule has 1 aliphatic carbocycles. The van der Waals surface area contributed by atoms with Crippen molar-refractivity contribution in [3.8, 4) is 0 Å². The van der Waals surface area contributed by atoms with Crippen LogP contribution in [0.15, 0.2) is 17.9 Å². The molecule has 0 bridgehead atoms. The molecule has 0 spiro atoms. The summed E-state index contributed by atoms with van der Waals surface area (Å²) in [4.78, 5) is 0. The van der Waals surface area contributed by atoms with Gasteiger partial charge in [0.2, 0.25) is 0 Å². The highest BCUT2D eigenvalue weighted by molar-refractivity contribution is 7.30. The molecule has 17 heavy (non-hydrogen) atoms. The summed E-state index contributed by atoms with van der Waals surface area (Å²) in [6, 6.07) is 4.67. The van der Waals surface area contributed by atoms with Gasteiger partial charge in [0.15, 0.2) is 0 Å². The van der Waals surface area contributed by atoms with Crippen LogP contribution in [0.4, 0.5) is 0 Å². The molecule has 1 heterocycles. The molecule has 0 amide bonds. The molecule has 1 unspecified atom stereocenters. The Kier molecular flexibility index (Phi) is 5.16. The summed E-state index contributed by atoms with van der Waals surface area (Å²) in [5.74, 6) is 2.35. The van der Waals surface area contributed by atoms with E-state index < -0.39 is 0 Å². The molecule has 1 atom stereocenters. The molecule has 1 aliphatic rings. The van der Waals surface area contributed by atoms with Crippen molar-refractivity contribution in [2.45, 2.75) is 76.5 Å². The molecule has 96 valence electrons. The van der Waals surface area contributed by atoms with Gasteiger partial charge in [0, 0.05) is 0 Å². The highest BCUT2D eigenvalue weighted by Gasteiger charge is 2.25. The summed E-state index contributed by atoms with van der Waals surface area (Å²) < 4.78 is 0. The summed E-state index contributed by atoms with van der Waals surface area (Å²) in [6.07, 6.45) is 14.5. The Balaban J connectivity index is 2.01. The lowest BCUT2D eigenvalue weighted by molar-refractivity contribution is 0.377. The van der Waals surface area contributed by atoms with E-state index in [1.54, 1.807) is 5.30 Å². The third-order valence-electron chi connectivity index (χ3n) is 4.46. The van der Waals surface area contributed by atoms with E-state index >= 15 is 0 Å². The molecule has 0 aromatic carbocycles. The third kappa shape index (κ3) is 3.88. The fraction of sp³-hybridized carbons (Fsp3) is 0.750. The first-order chi connectivity index (χ1) is 8.31. The average molecular weight is 250 g/mol. The fourth-order valence-electron chi connectivity index (χ4n) is 3.19. The maximum Gasteiger partial charge on any atom is -0.00404 e. The van der Waals surface area contributed by atoms with Gasteiger partial charge in [-0.05, 0) is 29.4 Å². The van der Waals surface area contributed by atoms with E-state index in [4.69, 9.17) is 0 Å². The van der Waals surface area contributed by atoms with Gasteiger partial charge in [0.25, 0.3) is 0 Å². The van der Waals surface area contributed by atoms with Gasteiger partial charge < -0.3 is 0 Å². The van der Waals surface area contributed by atoms with Crippen LogP contribution in [0.3, 0.4) is 0 Å². The average Bonchev–Trinajstić information content (AvgIpc) is 2.84. The van der Waals surface area contributed by atoms with Gasteiger partial charge >= 0.3 is 0 Å². The monoisotopic (exact) mass is 250 g/mol. The van der Waals surface area contributed by atoms with E-state index in [9.17, 15) is 0 Å². The van der Waals surface area contributed by atoms with E-state index in [-0.39, 0.29) is 0 Å². The predicted octanol–water partition coefficient (Wildman–Crippen LogP) is 5.89. The van der Waals surface area contributed by atoms with Crippen LogP contribution in [0.1, 0.15) is 76.4 Å². The van der Waals surface area contributed by atoms with Crippen molar-refractivity contribution >= 4 is 8.19 Å². The number of rotatable bonds is 1. The van der Waals surface area contributed by atoms with Crippen molar-refractivity contribution in [1.29, 1.82) is 0 Å². The maximum atomic E-state index is 2.52. The van der Waals surface area contributed by atoms with E-state index in [2.05, 4.69) is 24.9 Å². The van der Waals surface area contributed by atoms with Crippen molar-refractivity contribution in [2.24, 2.45) is 0 Å². The smallest absolute Gasteiger partial charge is 0.00404 e. The molecule has 0 N–H and O–H groups in total. The van der Waals surface area contributed by atoms with Crippen LogP contribution >= 0.6 is 8.19 Å². The highest BCUT2D eigenvalue weighted by Crippen LogP contribution is 2.40. The molecule has 0 aliphatic heterocycles. The Morgan fingerprint density at radius 3 is 1.88 bits per heavy atom. The van der Waals surface area contributed by atoms with Crippen LogP contribution in [0.25, 0.3) is 0 Å². The van der Waals surface area contributed by atoms with Crippen molar-refractivity contribution in [2.75, 3.05) is 0 Å². The van der Waals surface area contributed by atoms with Gasteiger partial charge in [-0.15, -0.1) is 8.19 Å². The Labute approximate surface area is 108 Å². The molecular formula is C16H27P. The molecule has 1 aromatic heterocycles. The van der Waals surface area contributed by atoms with Crippen LogP contribution in [0, 0.1) is 0 Å². The van der Waals surface area contributed by atoms with E-state index in [0.29, 0.717) is 5.41 Å². The zero-order valence-electron chi connectivity index (χ0n) is 11.3. The van der Waals surface area contributed by atoms with E-state index in [0.717, 1.165) is 8.19 Å². The first kappa shape index (κ1) is 13.2. The first-order valence-corrected chi connectivity index (χ1v) is 8.53. The lowest BCUT2D eigenvalue weighted by Crippen LogP contribution is -2.20. The summed E-state index contributed by atoms with van der Waals surface area (Å²) >= 11 is 0. The Hall–Kier alpha value is -0.220. The molecule has 2 rings (SSSR count). The zero-order valence-corrected chi connectivity index (χ0v) is 12.3. The summed E-state index contributed by atoms with van der Waals surface area (Å²) in [5.41, 5.74) is 0.520. The molecule has 1 heteroatoms. The largest absolute Gasteiger partial charge is 0.136 e. The lowest BCUT2D eigenvalue weighted by atomic mass is 9.79. The Bertz CT molecular complexity index is 287. The van der Waals surface area contributed by atoms with E-state index in [1.165, 1.54) is 64.2 Å². The quantitative estimate of drug-likeness (QED) is 0.583. The molecule has 1 fully saturated rings. The van der Waals surface area contributed by atoms with E-state index in [1.807, 2.05) is 0 Å². The predicted molar refractivity (Wildman–Crippen MR) is 79.5 cm³/mol. The minimum atomic E-state index is 0.520. The van der Waals surface area contributed by atoms with Crippen molar-refractivity contribution < 1.29 is 0 Å². The summed E-state index contributed by atoms with van der Waals surface area (Å²) in [7, 11) is 0.971. The standard InChI is InChI=1S/C16H27P/c1-16(15-11-10-14-17-15)12-8-6-4-2-3-5-7-9-13-16/h10-11,14,17H,2-9,12-13H2,1H3. The van der Waals surface area contributed by atoms with Crippen LogP contribution in [-0.4, -0.2) is 0 Å². The molecule has 1 saturated carbocycles. The molecule has 0 nitrogen and oxygen atoms in total. The van der Waals surface area contributed by atoms with Crippen LogP contribution in [0.2, 0.25) is 0 Å². The minimum absolute atomic E-state index is 0.520. The lowest BCUT2D eigenvalue weighted by Gasteiger charge is -2.29. The Morgan fingerprint density at radius 1 is 0.882 bits per heavy atom. The molecular weight excluding hydrogens is 223 g/mol. The summed E-state index contributed by atoms with van der Waals surface area (Å²) in [6.45, 7) is 2.52. The van der Waals surface area contributed by atoms with Crippen molar-refractivity contribution in [3.63, 3.8) is 0 Å². The third-order valence-corrected chi connectivity index (χ3v) is 5.90. The van der Waals surface area contributed by atoms with Gasteiger partial charge in [-0.3, -0.25) is 0 Å². The number of hydrogen-bond acceptors (Lipinski definition) is 0. The zero-order chi connectivity index (χ0) is 12.0. The fourth-order valence-corrected chi connectivity index (χ4v) is 4.35. The molecule has 0 saturated heterocycles. The van der Waals surface area contributed by atoms with Gasteiger partial charge in [0.1, 0.15) is 0 Å². The minimum Gasteiger partial charge on any atom is -0.136 e. The SMILES string of the molecule is CC1(c2ccc[pH]2)CCCCCCCCCC1. The van der Waals surface area contributed by atoms with Crippen LogP contribution in [0.5, 0.6) is 0 Å². The van der Waals surface area contributed by atoms with Crippen LogP contribution in [-0.2, 0) is 5.41 Å².